The molecule has 0 aromatic carbocycles. The third-order valence-corrected chi connectivity index (χ3v) is 1.92. The van der Waals surface area contributed by atoms with Gasteiger partial charge >= 0.3 is 8.25 Å². The Morgan fingerprint density at radius 1 is 1.00 bits per heavy atom. The molecule has 0 heterocycles. The lowest BCUT2D eigenvalue weighted by atomic mass is 10.4. The zero-order chi connectivity index (χ0) is 11.0. The van der Waals surface area contributed by atoms with E-state index in [-0.39, 0.29) is 26.3 Å². The lowest BCUT2D eigenvalue weighted by Crippen LogP contribution is -2.19. The van der Waals surface area contributed by atoms with Gasteiger partial charge in [0.1, 0.15) is 13.2 Å². The number of carbonyl (C=O) groups excluding carboxylic acids is 2. The molecular formula is C6H13N2O5P. The van der Waals surface area contributed by atoms with Crippen LogP contribution in [0.25, 0.3) is 0 Å². The summed E-state index contributed by atoms with van der Waals surface area (Å²) < 4.78 is 19.8. The fourth-order valence-electron chi connectivity index (χ4n) is 0.438. The average Bonchev–Trinajstić information content (AvgIpc) is 2.22. The van der Waals surface area contributed by atoms with Crippen molar-refractivity contribution in [1.29, 1.82) is 0 Å². The van der Waals surface area contributed by atoms with E-state index in [9.17, 15) is 14.2 Å². The normalized spacial score (nSPS) is 10.5. The summed E-state index contributed by atoms with van der Waals surface area (Å²) in [5.41, 5.74) is 9.94. The Kier molecular flexibility index (Phi) is 7.45. The van der Waals surface area contributed by atoms with Crippen LogP contribution in [0.4, 0.5) is 0 Å². The van der Waals surface area contributed by atoms with Crippen LogP contribution in [0, 0.1) is 0 Å². The first-order valence-corrected chi connectivity index (χ1v) is 5.05. The van der Waals surface area contributed by atoms with Crippen molar-refractivity contribution < 1.29 is 23.2 Å². The fourth-order valence-corrected chi connectivity index (χ4v) is 1.08. The predicted octanol–water partition coefficient (Wildman–Crippen LogP) is -1.54. The number of ketones is 2. The molecule has 0 aliphatic rings. The minimum Gasteiger partial charge on any atom is -0.324 e. The molecule has 0 aliphatic carbocycles. The van der Waals surface area contributed by atoms with Gasteiger partial charge in [-0.25, -0.2) is 0 Å². The summed E-state index contributed by atoms with van der Waals surface area (Å²) in [6.07, 6.45) is 0. The van der Waals surface area contributed by atoms with Gasteiger partial charge in [0, 0.05) is 0 Å². The van der Waals surface area contributed by atoms with Gasteiger partial charge in [0.2, 0.25) is 0 Å². The average molecular weight is 224 g/mol. The van der Waals surface area contributed by atoms with Gasteiger partial charge in [-0.2, -0.15) is 0 Å². The quantitative estimate of drug-likeness (QED) is 0.479. The van der Waals surface area contributed by atoms with E-state index < -0.39 is 19.8 Å². The van der Waals surface area contributed by atoms with Gasteiger partial charge in [-0.05, 0) is 0 Å². The van der Waals surface area contributed by atoms with Crippen LogP contribution < -0.4 is 11.5 Å². The van der Waals surface area contributed by atoms with Crippen LogP contribution in [-0.2, 0) is 23.2 Å². The summed E-state index contributed by atoms with van der Waals surface area (Å²) in [5, 5.41) is 0. The van der Waals surface area contributed by atoms with Gasteiger partial charge in [0.15, 0.2) is 11.6 Å². The maximum absolute atomic E-state index is 10.8. The molecule has 14 heavy (non-hydrogen) atoms. The highest BCUT2D eigenvalue weighted by atomic mass is 31.1. The zero-order valence-electron chi connectivity index (χ0n) is 7.52. The summed E-state index contributed by atoms with van der Waals surface area (Å²) in [6.45, 7) is -1.11. The second kappa shape index (κ2) is 7.78. The van der Waals surface area contributed by atoms with Crippen molar-refractivity contribution in [3.8, 4) is 0 Å². The minimum absolute atomic E-state index is 0.184. The molecule has 0 fully saturated rings. The van der Waals surface area contributed by atoms with Crippen molar-refractivity contribution in [2.45, 2.75) is 0 Å². The van der Waals surface area contributed by atoms with Gasteiger partial charge in [-0.15, -0.1) is 0 Å². The van der Waals surface area contributed by atoms with Crippen LogP contribution in [0.1, 0.15) is 0 Å². The summed E-state index contributed by atoms with van der Waals surface area (Å²) >= 11 is 0. The molecule has 0 spiro atoms. The van der Waals surface area contributed by atoms with Crippen molar-refractivity contribution in [2.24, 2.45) is 11.5 Å². The molecule has 8 heteroatoms. The molecule has 0 amide bonds. The molecule has 0 aromatic rings. The maximum atomic E-state index is 10.8. The molecule has 7 nitrogen and oxygen atoms in total. The van der Waals surface area contributed by atoms with Crippen LogP contribution in [0.3, 0.4) is 0 Å². The van der Waals surface area contributed by atoms with Gasteiger partial charge in [-0.3, -0.25) is 14.2 Å². The highest BCUT2D eigenvalue weighted by Crippen LogP contribution is 2.22. The largest absolute Gasteiger partial charge is 0.324 e. The summed E-state index contributed by atoms with van der Waals surface area (Å²) in [5.74, 6) is -0.783. The van der Waals surface area contributed by atoms with Crippen LogP contribution in [0.5, 0.6) is 0 Å². The highest BCUT2D eigenvalue weighted by Gasteiger charge is 2.06. The predicted molar refractivity (Wildman–Crippen MR) is 49.0 cm³/mol. The van der Waals surface area contributed by atoms with E-state index in [2.05, 4.69) is 9.05 Å². The van der Waals surface area contributed by atoms with E-state index >= 15 is 0 Å². The molecule has 0 radical (unpaired) electrons. The van der Waals surface area contributed by atoms with E-state index in [1.54, 1.807) is 0 Å². The summed E-state index contributed by atoms with van der Waals surface area (Å²) in [7, 11) is -2.80. The maximum Gasteiger partial charge on any atom is 0.319 e. The van der Waals surface area contributed by atoms with Crippen molar-refractivity contribution in [2.75, 3.05) is 26.3 Å². The number of Topliss-reactive ketones (excluding diaryl/α,β-unsaturated/α-hetero) is 2. The van der Waals surface area contributed by atoms with Crippen molar-refractivity contribution in [3.63, 3.8) is 0 Å². The lowest BCUT2D eigenvalue weighted by Gasteiger charge is -2.02. The van der Waals surface area contributed by atoms with Gasteiger partial charge in [0.05, 0.1) is 13.1 Å². The molecular weight excluding hydrogens is 211 g/mol. The second-order valence-electron chi connectivity index (χ2n) is 2.31. The molecule has 4 N–H and O–H groups in total. The van der Waals surface area contributed by atoms with Gasteiger partial charge in [-0.1, -0.05) is 0 Å². The summed E-state index contributed by atoms with van der Waals surface area (Å²) in [4.78, 5) is 21.2. The van der Waals surface area contributed by atoms with Crippen LogP contribution in [0.2, 0.25) is 0 Å². The molecule has 0 atom stereocenters. The van der Waals surface area contributed by atoms with Crippen LogP contribution in [0.15, 0.2) is 0 Å². The molecule has 0 bridgehead atoms. The molecule has 0 unspecified atom stereocenters. The summed E-state index contributed by atoms with van der Waals surface area (Å²) in [6, 6.07) is 0. The fraction of sp³-hybridized carbons (Fsp3) is 0.667. The highest BCUT2D eigenvalue weighted by molar-refractivity contribution is 7.33. The van der Waals surface area contributed by atoms with E-state index in [0.717, 1.165) is 0 Å². The standard InChI is InChI=1S/C6H13N2O5P/c7-1-5(9)3-12-14(11)13-4-6(10)2-8/h14H,1-4,7-8H2. The van der Waals surface area contributed by atoms with Gasteiger partial charge in [0.25, 0.3) is 0 Å². The Bertz CT molecular complexity index is 210. The van der Waals surface area contributed by atoms with Gasteiger partial charge < -0.3 is 20.5 Å². The third-order valence-electron chi connectivity index (χ3n) is 1.16. The number of hydrogen-bond acceptors (Lipinski definition) is 7. The van der Waals surface area contributed by atoms with E-state index in [1.165, 1.54) is 0 Å². The zero-order valence-corrected chi connectivity index (χ0v) is 8.52. The number of carbonyl (C=O) groups is 2. The van der Waals surface area contributed by atoms with Crippen LogP contribution >= 0.6 is 8.25 Å². The Morgan fingerprint density at radius 3 is 1.64 bits per heavy atom. The van der Waals surface area contributed by atoms with E-state index in [4.69, 9.17) is 11.5 Å². The SMILES string of the molecule is NCC(=O)CO[PH](=O)OCC(=O)CN. The Balaban J connectivity index is 3.56. The first-order valence-electron chi connectivity index (χ1n) is 3.83. The number of hydrogen-bond donors (Lipinski definition) is 2. The molecule has 0 aromatic heterocycles. The molecule has 0 saturated carbocycles. The van der Waals surface area contributed by atoms with Crippen LogP contribution in [-0.4, -0.2) is 37.9 Å². The minimum atomic E-state index is -2.80. The molecule has 0 aliphatic heterocycles. The third kappa shape index (κ3) is 6.88. The van der Waals surface area contributed by atoms with E-state index in [0.29, 0.717) is 0 Å². The molecule has 0 saturated heterocycles. The van der Waals surface area contributed by atoms with Crippen molar-refractivity contribution in [3.05, 3.63) is 0 Å². The molecule has 0 rings (SSSR count). The smallest absolute Gasteiger partial charge is 0.319 e. The van der Waals surface area contributed by atoms with Crippen molar-refractivity contribution >= 4 is 19.8 Å². The lowest BCUT2D eigenvalue weighted by molar-refractivity contribution is -0.120. The Labute approximate surface area is 81.7 Å². The monoisotopic (exact) mass is 224 g/mol. The molecule has 82 valence electrons. The Morgan fingerprint density at radius 2 is 1.36 bits per heavy atom. The topological polar surface area (TPSA) is 122 Å². The first kappa shape index (κ1) is 13.4. The van der Waals surface area contributed by atoms with Crippen molar-refractivity contribution in [1.82, 2.24) is 0 Å². The first-order chi connectivity index (χ1) is 6.60. The number of rotatable bonds is 8. The number of nitrogens with two attached hydrogens (primary N) is 2. The second-order valence-corrected chi connectivity index (χ2v) is 3.39. The Hall–Kier alpha value is -0.590. The van der Waals surface area contributed by atoms with E-state index in [1.807, 2.05) is 0 Å².